The molecule has 2 aromatic carbocycles. The molecule has 1 nitrogen and oxygen atoms in total. The zero-order chi connectivity index (χ0) is 13.8. The standard InChI is InChI=1S/C16H17ClFN/c1-3-19(14-8-4-6-12(2)10-14)16-13(11-17)7-5-9-15(16)18/h4-10H,3,11H2,1-2H3. The fraction of sp³-hybridized carbons (Fsp3) is 0.250. The van der Waals surface area contributed by atoms with Crippen molar-refractivity contribution in [2.75, 3.05) is 11.4 Å². The second kappa shape index (κ2) is 6.07. The fourth-order valence-corrected chi connectivity index (χ4v) is 2.45. The van der Waals surface area contributed by atoms with Crippen LogP contribution in [0.25, 0.3) is 0 Å². The third kappa shape index (κ3) is 2.90. The Morgan fingerprint density at radius 2 is 1.89 bits per heavy atom. The van der Waals surface area contributed by atoms with Gasteiger partial charge in [0.15, 0.2) is 0 Å². The number of hydrogen-bond acceptors (Lipinski definition) is 1. The highest BCUT2D eigenvalue weighted by Crippen LogP contribution is 2.32. The molecule has 2 rings (SSSR count). The van der Waals surface area contributed by atoms with E-state index >= 15 is 0 Å². The van der Waals surface area contributed by atoms with E-state index in [1.807, 2.05) is 49.1 Å². The molecule has 0 unspecified atom stereocenters. The fourth-order valence-electron chi connectivity index (χ4n) is 2.24. The van der Waals surface area contributed by atoms with E-state index in [1.165, 1.54) is 6.07 Å². The predicted octanol–water partition coefficient (Wildman–Crippen LogP) is 5.03. The molecule has 0 aliphatic rings. The summed E-state index contributed by atoms with van der Waals surface area (Å²) < 4.78 is 14.2. The van der Waals surface area contributed by atoms with E-state index in [0.29, 0.717) is 18.1 Å². The van der Waals surface area contributed by atoms with Crippen molar-refractivity contribution in [3.8, 4) is 0 Å². The number of hydrogen-bond donors (Lipinski definition) is 0. The summed E-state index contributed by atoms with van der Waals surface area (Å²) in [6.07, 6.45) is 0. The lowest BCUT2D eigenvalue weighted by Gasteiger charge is -2.26. The van der Waals surface area contributed by atoms with Gasteiger partial charge in [0.25, 0.3) is 0 Å². The molecule has 0 amide bonds. The zero-order valence-corrected chi connectivity index (χ0v) is 11.9. The molecule has 0 aliphatic carbocycles. The van der Waals surface area contributed by atoms with Gasteiger partial charge in [0.2, 0.25) is 0 Å². The van der Waals surface area contributed by atoms with Crippen molar-refractivity contribution in [1.82, 2.24) is 0 Å². The molecular weight excluding hydrogens is 261 g/mol. The highest BCUT2D eigenvalue weighted by Gasteiger charge is 2.16. The summed E-state index contributed by atoms with van der Waals surface area (Å²) in [5.74, 6) is 0.0663. The number of aryl methyl sites for hydroxylation is 1. The number of para-hydroxylation sites is 1. The molecule has 0 aliphatic heterocycles. The third-order valence-electron chi connectivity index (χ3n) is 3.11. The molecule has 0 spiro atoms. The van der Waals surface area contributed by atoms with E-state index in [0.717, 1.165) is 16.8 Å². The predicted molar refractivity (Wildman–Crippen MR) is 79.8 cm³/mol. The minimum absolute atomic E-state index is 0.235. The summed E-state index contributed by atoms with van der Waals surface area (Å²) >= 11 is 5.93. The van der Waals surface area contributed by atoms with Crippen LogP contribution < -0.4 is 4.90 Å². The highest BCUT2D eigenvalue weighted by atomic mass is 35.5. The number of alkyl halides is 1. The second-order valence-corrected chi connectivity index (χ2v) is 4.73. The van der Waals surface area contributed by atoms with Gasteiger partial charge in [-0.2, -0.15) is 0 Å². The van der Waals surface area contributed by atoms with Crippen molar-refractivity contribution in [2.24, 2.45) is 0 Å². The van der Waals surface area contributed by atoms with Gasteiger partial charge in [-0.25, -0.2) is 4.39 Å². The van der Waals surface area contributed by atoms with Gasteiger partial charge >= 0.3 is 0 Å². The van der Waals surface area contributed by atoms with Gasteiger partial charge in [0.05, 0.1) is 5.69 Å². The van der Waals surface area contributed by atoms with Crippen LogP contribution >= 0.6 is 11.6 Å². The Hall–Kier alpha value is -1.54. The average Bonchev–Trinajstić information content (AvgIpc) is 2.41. The molecule has 0 aromatic heterocycles. The Bertz CT molecular complexity index is 568. The van der Waals surface area contributed by atoms with Gasteiger partial charge in [0, 0.05) is 18.1 Å². The van der Waals surface area contributed by atoms with Gasteiger partial charge in [-0.1, -0.05) is 24.3 Å². The van der Waals surface area contributed by atoms with Crippen molar-refractivity contribution < 1.29 is 4.39 Å². The van der Waals surface area contributed by atoms with E-state index < -0.39 is 0 Å². The van der Waals surface area contributed by atoms with E-state index in [-0.39, 0.29) is 5.82 Å². The first-order chi connectivity index (χ1) is 9.17. The lowest BCUT2D eigenvalue weighted by molar-refractivity contribution is 0.624. The molecule has 0 bridgehead atoms. The van der Waals surface area contributed by atoms with Gasteiger partial charge < -0.3 is 4.90 Å². The molecule has 0 atom stereocenters. The summed E-state index contributed by atoms with van der Waals surface area (Å²) in [4.78, 5) is 1.96. The largest absolute Gasteiger partial charge is 0.339 e. The molecule has 3 heteroatoms. The van der Waals surface area contributed by atoms with Crippen molar-refractivity contribution in [2.45, 2.75) is 19.7 Å². The summed E-state index contributed by atoms with van der Waals surface area (Å²) in [6.45, 7) is 4.72. The Morgan fingerprint density at radius 3 is 2.53 bits per heavy atom. The van der Waals surface area contributed by atoms with E-state index in [2.05, 4.69) is 0 Å². The van der Waals surface area contributed by atoms with Crippen LogP contribution in [0.3, 0.4) is 0 Å². The Labute approximate surface area is 118 Å². The number of nitrogens with zero attached hydrogens (tertiary/aromatic N) is 1. The van der Waals surface area contributed by atoms with Crippen LogP contribution in [-0.2, 0) is 5.88 Å². The number of halogens is 2. The van der Waals surface area contributed by atoms with Crippen molar-refractivity contribution >= 4 is 23.0 Å². The van der Waals surface area contributed by atoms with Crippen LogP contribution in [0.5, 0.6) is 0 Å². The first kappa shape index (κ1) is 13.9. The van der Waals surface area contributed by atoms with E-state index in [9.17, 15) is 4.39 Å². The molecule has 0 radical (unpaired) electrons. The summed E-state index contributed by atoms with van der Waals surface area (Å²) in [5.41, 5.74) is 3.52. The number of anilines is 2. The molecule has 0 N–H and O–H groups in total. The Balaban J connectivity index is 2.54. The highest BCUT2D eigenvalue weighted by molar-refractivity contribution is 6.17. The monoisotopic (exact) mass is 277 g/mol. The SMILES string of the molecule is CCN(c1cccc(C)c1)c1c(F)cccc1CCl. The summed E-state index contributed by atoms with van der Waals surface area (Å²) in [7, 11) is 0. The van der Waals surface area contributed by atoms with Crippen LogP contribution in [0, 0.1) is 12.7 Å². The maximum Gasteiger partial charge on any atom is 0.147 e. The Kier molecular flexibility index (Phi) is 4.43. The lowest BCUT2D eigenvalue weighted by Crippen LogP contribution is -2.19. The Morgan fingerprint density at radius 1 is 1.16 bits per heavy atom. The third-order valence-corrected chi connectivity index (χ3v) is 3.40. The molecule has 0 saturated carbocycles. The molecule has 100 valence electrons. The lowest BCUT2D eigenvalue weighted by atomic mass is 10.1. The van der Waals surface area contributed by atoms with Crippen LogP contribution in [-0.4, -0.2) is 6.54 Å². The molecule has 0 fully saturated rings. The van der Waals surface area contributed by atoms with Crippen LogP contribution in [0.15, 0.2) is 42.5 Å². The first-order valence-electron chi connectivity index (χ1n) is 6.35. The van der Waals surface area contributed by atoms with Crippen LogP contribution in [0.1, 0.15) is 18.1 Å². The number of benzene rings is 2. The minimum atomic E-state index is -0.235. The molecule has 0 saturated heterocycles. The number of rotatable bonds is 4. The van der Waals surface area contributed by atoms with E-state index in [4.69, 9.17) is 11.6 Å². The molecule has 2 aromatic rings. The summed E-state index contributed by atoms with van der Waals surface area (Å²) in [6, 6.07) is 13.1. The van der Waals surface area contributed by atoms with Gasteiger partial charge in [0.1, 0.15) is 5.82 Å². The van der Waals surface area contributed by atoms with Crippen molar-refractivity contribution in [3.63, 3.8) is 0 Å². The molecule has 19 heavy (non-hydrogen) atoms. The van der Waals surface area contributed by atoms with Crippen LogP contribution in [0.2, 0.25) is 0 Å². The van der Waals surface area contributed by atoms with Gasteiger partial charge in [-0.15, -0.1) is 11.6 Å². The van der Waals surface area contributed by atoms with Gasteiger partial charge in [-0.3, -0.25) is 0 Å². The maximum atomic E-state index is 14.2. The zero-order valence-electron chi connectivity index (χ0n) is 11.2. The average molecular weight is 278 g/mol. The first-order valence-corrected chi connectivity index (χ1v) is 6.88. The van der Waals surface area contributed by atoms with Crippen LogP contribution in [0.4, 0.5) is 15.8 Å². The maximum absolute atomic E-state index is 14.2. The molecular formula is C16H17ClFN. The topological polar surface area (TPSA) is 3.24 Å². The van der Waals surface area contributed by atoms with Gasteiger partial charge in [-0.05, 0) is 43.2 Å². The summed E-state index contributed by atoms with van der Waals surface area (Å²) in [5, 5.41) is 0. The second-order valence-electron chi connectivity index (χ2n) is 4.46. The normalized spacial score (nSPS) is 10.5. The minimum Gasteiger partial charge on any atom is -0.339 e. The van der Waals surface area contributed by atoms with Crippen molar-refractivity contribution in [1.29, 1.82) is 0 Å². The quantitative estimate of drug-likeness (QED) is 0.709. The van der Waals surface area contributed by atoms with Crippen molar-refractivity contribution in [3.05, 3.63) is 59.4 Å². The molecule has 0 heterocycles. The smallest absolute Gasteiger partial charge is 0.147 e. The van der Waals surface area contributed by atoms with E-state index in [1.54, 1.807) is 6.07 Å².